The molecule has 1 aromatic heterocycles. The minimum atomic E-state index is -0.292. The summed E-state index contributed by atoms with van der Waals surface area (Å²) in [6.07, 6.45) is 0.955. The molecule has 0 amide bonds. The van der Waals surface area contributed by atoms with Crippen LogP contribution >= 0.6 is 0 Å². The van der Waals surface area contributed by atoms with Crippen molar-refractivity contribution >= 4 is 5.97 Å². The van der Waals surface area contributed by atoms with E-state index in [0.717, 1.165) is 16.9 Å². The fourth-order valence-corrected chi connectivity index (χ4v) is 2.27. The standard InChI is InChI=1S/C19H18N2O4/c1-23-16-10-8-15(9-11-16)19-20-17(21-25-19)13-24-18(22)12-7-14-5-3-2-4-6-14/h2-6,8-11H,7,12-13H2,1H3. The molecule has 2 aromatic carbocycles. The molecule has 0 spiro atoms. The van der Waals surface area contributed by atoms with Gasteiger partial charge < -0.3 is 14.0 Å². The van der Waals surface area contributed by atoms with Crippen LogP contribution < -0.4 is 4.74 Å². The van der Waals surface area contributed by atoms with Gasteiger partial charge in [-0.2, -0.15) is 4.98 Å². The van der Waals surface area contributed by atoms with Crippen molar-refractivity contribution in [1.29, 1.82) is 0 Å². The van der Waals surface area contributed by atoms with Crippen molar-refractivity contribution in [2.24, 2.45) is 0 Å². The molecule has 0 aliphatic rings. The number of methoxy groups -OCH3 is 1. The van der Waals surface area contributed by atoms with Gasteiger partial charge in [0, 0.05) is 12.0 Å². The summed E-state index contributed by atoms with van der Waals surface area (Å²) < 4.78 is 15.5. The minimum absolute atomic E-state index is 0.00667. The molecule has 0 aliphatic carbocycles. The van der Waals surface area contributed by atoms with Gasteiger partial charge in [-0.3, -0.25) is 4.79 Å². The first-order chi connectivity index (χ1) is 12.2. The first kappa shape index (κ1) is 16.7. The number of hydrogen-bond acceptors (Lipinski definition) is 6. The van der Waals surface area contributed by atoms with Gasteiger partial charge in [-0.15, -0.1) is 0 Å². The number of hydrogen-bond donors (Lipinski definition) is 0. The van der Waals surface area contributed by atoms with Crippen molar-refractivity contribution in [2.45, 2.75) is 19.4 Å². The van der Waals surface area contributed by atoms with E-state index in [1.54, 1.807) is 7.11 Å². The van der Waals surface area contributed by atoms with Gasteiger partial charge in [0.25, 0.3) is 5.89 Å². The second-order valence-corrected chi connectivity index (χ2v) is 5.39. The lowest BCUT2D eigenvalue weighted by molar-refractivity contribution is -0.145. The van der Waals surface area contributed by atoms with E-state index >= 15 is 0 Å². The zero-order chi connectivity index (χ0) is 17.5. The van der Waals surface area contributed by atoms with Crippen LogP contribution in [0, 0.1) is 0 Å². The lowest BCUT2D eigenvalue weighted by atomic mass is 10.1. The summed E-state index contributed by atoms with van der Waals surface area (Å²) in [4.78, 5) is 16.0. The Hall–Kier alpha value is -3.15. The third-order valence-electron chi connectivity index (χ3n) is 3.63. The lowest BCUT2D eigenvalue weighted by Crippen LogP contribution is -2.06. The molecule has 3 aromatic rings. The molecular formula is C19H18N2O4. The van der Waals surface area contributed by atoms with Crippen molar-refractivity contribution in [3.63, 3.8) is 0 Å². The van der Waals surface area contributed by atoms with Crippen molar-refractivity contribution < 1.29 is 18.8 Å². The molecule has 3 rings (SSSR count). The highest BCUT2D eigenvalue weighted by molar-refractivity contribution is 5.69. The Bertz CT molecular complexity index is 813. The van der Waals surface area contributed by atoms with Crippen LogP contribution in [0.15, 0.2) is 59.1 Å². The number of ether oxygens (including phenoxy) is 2. The molecule has 0 saturated heterocycles. The molecule has 0 fully saturated rings. The Morgan fingerprint density at radius 1 is 1.08 bits per heavy atom. The number of carbonyl (C=O) groups is 1. The average molecular weight is 338 g/mol. The van der Waals surface area contributed by atoms with Crippen LogP contribution in [0.4, 0.5) is 0 Å². The summed E-state index contributed by atoms with van der Waals surface area (Å²) in [5, 5.41) is 3.83. The zero-order valence-electron chi connectivity index (χ0n) is 13.8. The maximum absolute atomic E-state index is 11.8. The third-order valence-corrected chi connectivity index (χ3v) is 3.63. The summed E-state index contributed by atoms with van der Waals surface area (Å²) in [6.45, 7) is -0.00667. The number of esters is 1. The predicted molar refractivity (Wildman–Crippen MR) is 90.8 cm³/mol. The maximum Gasteiger partial charge on any atom is 0.306 e. The van der Waals surface area contributed by atoms with Crippen molar-refractivity contribution in [1.82, 2.24) is 10.1 Å². The van der Waals surface area contributed by atoms with Crippen molar-refractivity contribution in [3.8, 4) is 17.2 Å². The van der Waals surface area contributed by atoms with Crippen LogP contribution in [0.2, 0.25) is 0 Å². The normalized spacial score (nSPS) is 10.4. The fourth-order valence-electron chi connectivity index (χ4n) is 2.27. The van der Waals surface area contributed by atoms with Crippen LogP contribution in [0.1, 0.15) is 17.8 Å². The number of aryl methyl sites for hydroxylation is 1. The highest BCUT2D eigenvalue weighted by atomic mass is 16.5. The average Bonchev–Trinajstić information content (AvgIpc) is 3.14. The lowest BCUT2D eigenvalue weighted by Gasteiger charge is -2.02. The number of rotatable bonds is 7. The minimum Gasteiger partial charge on any atom is -0.497 e. The molecule has 6 heteroatoms. The summed E-state index contributed by atoms with van der Waals surface area (Å²) in [5.74, 6) is 1.16. The van der Waals surface area contributed by atoms with Gasteiger partial charge in [-0.1, -0.05) is 35.5 Å². The number of aromatic nitrogens is 2. The zero-order valence-corrected chi connectivity index (χ0v) is 13.8. The molecule has 25 heavy (non-hydrogen) atoms. The van der Waals surface area contributed by atoms with Gasteiger partial charge in [0.1, 0.15) is 5.75 Å². The van der Waals surface area contributed by atoms with E-state index in [0.29, 0.717) is 24.6 Å². The largest absolute Gasteiger partial charge is 0.497 e. The Morgan fingerprint density at radius 3 is 2.56 bits per heavy atom. The van der Waals surface area contributed by atoms with Gasteiger partial charge in [0.2, 0.25) is 5.82 Å². The first-order valence-electron chi connectivity index (χ1n) is 7.91. The van der Waals surface area contributed by atoms with E-state index in [1.165, 1.54) is 0 Å². The van der Waals surface area contributed by atoms with Crippen LogP contribution in [0.3, 0.4) is 0 Å². The van der Waals surface area contributed by atoms with Crippen molar-refractivity contribution in [3.05, 3.63) is 66.0 Å². The molecule has 0 radical (unpaired) electrons. The summed E-state index contributed by atoms with van der Waals surface area (Å²) in [7, 11) is 1.60. The van der Waals surface area contributed by atoms with Gasteiger partial charge in [0.05, 0.1) is 7.11 Å². The quantitative estimate of drug-likeness (QED) is 0.615. The summed E-state index contributed by atoms with van der Waals surface area (Å²) >= 11 is 0. The highest BCUT2D eigenvalue weighted by Crippen LogP contribution is 2.20. The third kappa shape index (κ3) is 4.67. The second kappa shape index (κ2) is 8.10. The Morgan fingerprint density at radius 2 is 1.84 bits per heavy atom. The van der Waals surface area contributed by atoms with Gasteiger partial charge in [-0.05, 0) is 36.2 Å². The molecule has 0 bridgehead atoms. The Balaban J connectivity index is 1.50. The number of carbonyl (C=O) groups excluding carboxylic acids is 1. The van der Waals surface area contributed by atoms with Crippen LogP contribution in [0.5, 0.6) is 5.75 Å². The molecule has 0 atom stereocenters. The number of nitrogens with zero attached hydrogens (tertiary/aromatic N) is 2. The number of benzene rings is 2. The Kier molecular flexibility index (Phi) is 5.41. The van der Waals surface area contributed by atoms with Gasteiger partial charge in [0.15, 0.2) is 6.61 Å². The molecule has 1 heterocycles. The van der Waals surface area contributed by atoms with Gasteiger partial charge >= 0.3 is 5.97 Å². The van der Waals surface area contributed by atoms with E-state index in [-0.39, 0.29) is 12.6 Å². The monoisotopic (exact) mass is 338 g/mol. The molecule has 0 unspecified atom stereocenters. The maximum atomic E-state index is 11.8. The summed E-state index contributed by atoms with van der Waals surface area (Å²) in [5.41, 5.74) is 1.87. The molecule has 0 aliphatic heterocycles. The van der Waals surface area contributed by atoms with E-state index in [9.17, 15) is 4.79 Å². The van der Waals surface area contributed by atoms with E-state index in [2.05, 4.69) is 10.1 Å². The molecule has 0 N–H and O–H groups in total. The van der Waals surface area contributed by atoms with Crippen LogP contribution in [0.25, 0.3) is 11.5 Å². The molecule has 128 valence electrons. The van der Waals surface area contributed by atoms with Crippen LogP contribution in [-0.2, 0) is 22.6 Å². The van der Waals surface area contributed by atoms with E-state index in [1.807, 2.05) is 54.6 Å². The van der Waals surface area contributed by atoms with Crippen LogP contribution in [-0.4, -0.2) is 23.2 Å². The van der Waals surface area contributed by atoms with E-state index in [4.69, 9.17) is 14.0 Å². The van der Waals surface area contributed by atoms with Crippen molar-refractivity contribution in [2.75, 3.05) is 7.11 Å². The topological polar surface area (TPSA) is 74.5 Å². The molecule has 6 nitrogen and oxygen atoms in total. The smallest absolute Gasteiger partial charge is 0.306 e. The van der Waals surface area contributed by atoms with E-state index < -0.39 is 0 Å². The SMILES string of the molecule is COc1ccc(-c2nc(COC(=O)CCc3ccccc3)no2)cc1. The highest BCUT2D eigenvalue weighted by Gasteiger charge is 2.11. The first-order valence-corrected chi connectivity index (χ1v) is 7.91. The molecular weight excluding hydrogens is 320 g/mol. The Labute approximate surface area is 145 Å². The summed E-state index contributed by atoms with van der Waals surface area (Å²) in [6, 6.07) is 17.1. The molecule has 0 saturated carbocycles. The second-order valence-electron chi connectivity index (χ2n) is 5.39. The van der Waals surface area contributed by atoms with Gasteiger partial charge in [-0.25, -0.2) is 0 Å². The fraction of sp³-hybridized carbons (Fsp3) is 0.211. The predicted octanol–water partition coefficient (Wildman–Crippen LogP) is 3.42.